The Kier molecular flexibility index (Phi) is 4.28. The highest BCUT2D eigenvalue weighted by atomic mass is 35.5. The molecule has 0 aromatic heterocycles. The van der Waals surface area contributed by atoms with Crippen molar-refractivity contribution in [3.8, 4) is 5.75 Å². The zero-order valence-corrected chi connectivity index (χ0v) is 15.1. The molecule has 2 aromatic rings. The van der Waals surface area contributed by atoms with E-state index in [4.69, 9.17) is 51.1 Å². The highest BCUT2D eigenvalue weighted by molar-refractivity contribution is 6.52. The second-order valence-corrected chi connectivity index (χ2v) is 7.77. The molecule has 0 bridgehead atoms. The lowest BCUT2D eigenvalue weighted by Crippen LogP contribution is -1.92. The lowest BCUT2D eigenvalue weighted by molar-refractivity contribution is 0.414. The van der Waals surface area contributed by atoms with E-state index in [0.717, 1.165) is 22.4 Å². The molecule has 0 saturated heterocycles. The van der Waals surface area contributed by atoms with E-state index < -0.39 is 4.33 Å². The summed E-state index contributed by atoms with van der Waals surface area (Å²) in [6.07, 6.45) is 0. The van der Waals surface area contributed by atoms with Gasteiger partial charge in [-0.1, -0.05) is 35.3 Å². The number of rotatable bonds is 3. The largest absolute Gasteiger partial charge is 0.497 e. The molecule has 2 atom stereocenters. The van der Waals surface area contributed by atoms with Crippen molar-refractivity contribution in [1.82, 2.24) is 0 Å². The summed E-state index contributed by atoms with van der Waals surface area (Å²) in [6.45, 7) is 1.89. The number of methoxy groups -OCH3 is 1. The van der Waals surface area contributed by atoms with Gasteiger partial charge in [-0.2, -0.15) is 0 Å². The smallest absolute Gasteiger partial charge is 0.133 e. The minimum atomic E-state index is -0.851. The van der Waals surface area contributed by atoms with Crippen molar-refractivity contribution in [3.63, 3.8) is 0 Å². The maximum absolute atomic E-state index is 6.51. The van der Waals surface area contributed by atoms with Crippen LogP contribution in [0.3, 0.4) is 0 Å². The van der Waals surface area contributed by atoms with E-state index in [1.807, 2.05) is 43.3 Å². The number of hydrogen-bond acceptors (Lipinski definition) is 1. The molecule has 1 aliphatic rings. The summed E-state index contributed by atoms with van der Waals surface area (Å²) in [5.41, 5.74) is 2.90. The lowest BCUT2D eigenvalue weighted by atomic mass is 10.0. The van der Waals surface area contributed by atoms with E-state index in [-0.39, 0.29) is 11.8 Å². The van der Waals surface area contributed by atoms with Gasteiger partial charge in [-0.3, -0.25) is 0 Å². The maximum atomic E-state index is 6.51. The third kappa shape index (κ3) is 2.69. The molecular formula is C17H14Cl4O. The zero-order valence-electron chi connectivity index (χ0n) is 12.0. The third-order valence-corrected chi connectivity index (χ3v) is 5.92. The molecular weight excluding hydrogens is 362 g/mol. The Morgan fingerprint density at radius 3 is 1.91 bits per heavy atom. The van der Waals surface area contributed by atoms with Gasteiger partial charge in [0.05, 0.1) is 7.11 Å². The number of hydrogen-bond donors (Lipinski definition) is 0. The molecule has 1 aliphatic carbocycles. The van der Waals surface area contributed by atoms with Crippen molar-refractivity contribution in [2.75, 3.05) is 7.11 Å². The van der Waals surface area contributed by atoms with E-state index in [2.05, 4.69) is 0 Å². The van der Waals surface area contributed by atoms with Crippen LogP contribution in [0.25, 0.3) is 0 Å². The minimum absolute atomic E-state index is 0.0107. The fourth-order valence-electron chi connectivity index (χ4n) is 2.81. The summed E-state index contributed by atoms with van der Waals surface area (Å²) in [7, 11) is 1.64. The van der Waals surface area contributed by atoms with Gasteiger partial charge in [0.1, 0.15) is 10.1 Å². The molecule has 0 heterocycles. The van der Waals surface area contributed by atoms with Gasteiger partial charge in [0.15, 0.2) is 0 Å². The first-order valence-electron chi connectivity index (χ1n) is 6.83. The summed E-state index contributed by atoms with van der Waals surface area (Å²) >= 11 is 25.5. The Hall–Kier alpha value is -0.600. The standard InChI is InChI=1S/C17H14Cl4O/c1-9-13(18)7-11(8-14(9)19)16-15(17(16,20)21)10-3-5-12(22-2)6-4-10/h3-8,15-16H,1-2H3/t15-,16-/m0/s1. The highest BCUT2D eigenvalue weighted by Gasteiger charge is 2.64. The van der Waals surface area contributed by atoms with E-state index in [9.17, 15) is 0 Å². The van der Waals surface area contributed by atoms with E-state index in [1.165, 1.54) is 0 Å². The van der Waals surface area contributed by atoms with Crippen LogP contribution in [0.15, 0.2) is 36.4 Å². The molecule has 0 unspecified atom stereocenters. The molecule has 3 rings (SSSR count). The van der Waals surface area contributed by atoms with Gasteiger partial charge in [-0.15, -0.1) is 23.2 Å². The van der Waals surface area contributed by atoms with Gasteiger partial charge in [0.25, 0.3) is 0 Å². The van der Waals surface area contributed by atoms with Crippen LogP contribution in [-0.2, 0) is 0 Å². The predicted molar refractivity (Wildman–Crippen MR) is 94.1 cm³/mol. The summed E-state index contributed by atoms with van der Waals surface area (Å²) in [6, 6.07) is 11.6. The number of benzene rings is 2. The number of ether oxygens (including phenoxy) is 1. The monoisotopic (exact) mass is 374 g/mol. The molecule has 0 amide bonds. The van der Waals surface area contributed by atoms with Crippen molar-refractivity contribution >= 4 is 46.4 Å². The van der Waals surface area contributed by atoms with Crippen LogP contribution < -0.4 is 4.74 Å². The molecule has 22 heavy (non-hydrogen) atoms. The fourth-order valence-corrected chi connectivity index (χ4v) is 4.20. The zero-order chi connectivity index (χ0) is 16.1. The van der Waals surface area contributed by atoms with Gasteiger partial charge in [-0.05, 0) is 47.9 Å². The average molecular weight is 376 g/mol. The Bertz CT molecular complexity index is 686. The third-order valence-electron chi connectivity index (χ3n) is 4.19. The average Bonchev–Trinajstić information content (AvgIpc) is 3.07. The van der Waals surface area contributed by atoms with Crippen molar-refractivity contribution in [2.24, 2.45) is 0 Å². The van der Waals surface area contributed by atoms with Crippen molar-refractivity contribution in [3.05, 3.63) is 63.1 Å². The van der Waals surface area contributed by atoms with Gasteiger partial charge in [0, 0.05) is 21.9 Å². The molecule has 1 nitrogen and oxygen atoms in total. The summed E-state index contributed by atoms with van der Waals surface area (Å²) in [5.74, 6) is 0.786. The Morgan fingerprint density at radius 1 is 0.909 bits per heavy atom. The second-order valence-electron chi connectivity index (χ2n) is 5.51. The molecule has 0 aliphatic heterocycles. The van der Waals surface area contributed by atoms with Gasteiger partial charge >= 0.3 is 0 Å². The summed E-state index contributed by atoms with van der Waals surface area (Å²) in [5, 5.41) is 1.26. The van der Waals surface area contributed by atoms with E-state index in [0.29, 0.717) is 10.0 Å². The lowest BCUT2D eigenvalue weighted by Gasteiger charge is -2.06. The SMILES string of the molecule is COc1ccc([C@H]2[C@H](c3cc(Cl)c(C)c(Cl)c3)C2(Cl)Cl)cc1. The van der Waals surface area contributed by atoms with Crippen LogP contribution in [0.1, 0.15) is 28.5 Å². The molecule has 1 fully saturated rings. The van der Waals surface area contributed by atoms with Crippen molar-refractivity contribution < 1.29 is 4.74 Å². The highest BCUT2D eigenvalue weighted by Crippen LogP contribution is 2.70. The Labute approximate surface area is 150 Å². The normalized spacial score (nSPS) is 22.5. The van der Waals surface area contributed by atoms with Gasteiger partial charge in [0.2, 0.25) is 0 Å². The minimum Gasteiger partial charge on any atom is -0.497 e. The van der Waals surface area contributed by atoms with Crippen LogP contribution in [0, 0.1) is 6.92 Å². The van der Waals surface area contributed by atoms with E-state index in [1.54, 1.807) is 7.11 Å². The Morgan fingerprint density at radius 2 is 1.41 bits per heavy atom. The molecule has 116 valence electrons. The first-order chi connectivity index (χ1) is 10.4. The van der Waals surface area contributed by atoms with Gasteiger partial charge in [-0.25, -0.2) is 0 Å². The molecule has 0 spiro atoms. The Balaban J connectivity index is 1.95. The van der Waals surface area contributed by atoms with E-state index >= 15 is 0 Å². The summed E-state index contributed by atoms with van der Waals surface area (Å²) in [4.78, 5) is 0. The first-order valence-corrected chi connectivity index (χ1v) is 8.34. The van der Waals surface area contributed by atoms with Gasteiger partial charge < -0.3 is 4.74 Å². The quantitative estimate of drug-likeness (QED) is 0.566. The van der Waals surface area contributed by atoms with Crippen LogP contribution in [-0.4, -0.2) is 11.4 Å². The second kappa shape index (κ2) is 5.79. The van der Waals surface area contributed by atoms with Crippen LogP contribution >= 0.6 is 46.4 Å². The molecule has 0 N–H and O–H groups in total. The van der Waals surface area contributed by atoms with Crippen molar-refractivity contribution in [1.29, 1.82) is 0 Å². The van der Waals surface area contributed by atoms with Crippen molar-refractivity contribution in [2.45, 2.75) is 23.1 Å². The number of halogens is 4. The fraction of sp³-hybridized carbons (Fsp3) is 0.294. The predicted octanol–water partition coefficient (Wildman–Crippen LogP) is 6.37. The molecule has 2 aromatic carbocycles. The molecule has 0 radical (unpaired) electrons. The van der Waals surface area contributed by atoms with Crippen LogP contribution in [0.2, 0.25) is 10.0 Å². The topological polar surface area (TPSA) is 9.23 Å². The maximum Gasteiger partial charge on any atom is 0.133 e. The first kappa shape index (κ1) is 16.3. The van der Waals surface area contributed by atoms with Crippen LogP contribution in [0.4, 0.5) is 0 Å². The van der Waals surface area contributed by atoms with Crippen LogP contribution in [0.5, 0.6) is 5.75 Å². The summed E-state index contributed by atoms with van der Waals surface area (Å²) < 4.78 is 4.33. The molecule has 5 heteroatoms. The molecule has 1 saturated carbocycles. The number of alkyl halides is 2.